The molecule has 0 bridgehead atoms. The summed E-state index contributed by atoms with van der Waals surface area (Å²) >= 11 is 18.1. The SMILES string of the molecule is CCc1c(N)nnn1-c1c(Cl)cc(Cl)cc1Cl. The van der Waals surface area contributed by atoms with Crippen molar-refractivity contribution in [3.63, 3.8) is 0 Å². The highest BCUT2D eigenvalue weighted by molar-refractivity contribution is 6.40. The topological polar surface area (TPSA) is 56.7 Å². The quantitative estimate of drug-likeness (QED) is 0.923. The Morgan fingerprint density at radius 3 is 2.35 bits per heavy atom. The van der Waals surface area contributed by atoms with Gasteiger partial charge in [0.1, 0.15) is 5.69 Å². The van der Waals surface area contributed by atoms with Gasteiger partial charge in [-0.1, -0.05) is 46.9 Å². The number of benzene rings is 1. The Morgan fingerprint density at radius 1 is 1.24 bits per heavy atom. The summed E-state index contributed by atoms with van der Waals surface area (Å²) in [5.41, 5.74) is 7.01. The highest BCUT2D eigenvalue weighted by Gasteiger charge is 2.16. The summed E-state index contributed by atoms with van der Waals surface area (Å²) in [6, 6.07) is 3.20. The molecule has 0 atom stereocenters. The van der Waals surface area contributed by atoms with Gasteiger partial charge in [0.15, 0.2) is 5.82 Å². The van der Waals surface area contributed by atoms with Gasteiger partial charge in [-0.15, -0.1) is 5.10 Å². The fourth-order valence-electron chi connectivity index (χ4n) is 1.56. The van der Waals surface area contributed by atoms with E-state index in [0.29, 0.717) is 33.0 Å². The minimum Gasteiger partial charge on any atom is -0.381 e. The van der Waals surface area contributed by atoms with Crippen molar-refractivity contribution in [3.8, 4) is 5.69 Å². The van der Waals surface area contributed by atoms with Crippen LogP contribution in [-0.4, -0.2) is 15.0 Å². The molecule has 0 saturated carbocycles. The molecule has 2 aromatic rings. The molecule has 1 aromatic heterocycles. The lowest BCUT2D eigenvalue weighted by Crippen LogP contribution is -2.04. The zero-order valence-electron chi connectivity index (χ0n) is 8.91. The molecule has 2 N–H and O–H groups in total. The van der Waals surface area contributed by atoms with Gasteiger partial charge < -0.3 is 5.73 Å². The molecule has 7 heteroatoms. The first-order chi connectivity index (χ1) is 8.04. The molecule has 0 aliphatic carbocycles. The average Bonchev–Trinajstić information content (AvgIpc) is 2.58. The van der Waals surface area contributed by atoms with Crippen molar-refractivity contribution in [3.05, 3.63) is 32.9 Å². The van der Waals surface area contributed by atoms with Gasteiger partial charge in [-0.3, -0.25) is 0 Å². The first-order valence-electron chi connectivity index (χ1n) is 4.89. The number of rotatable bonds is 2. The number of halogens is 3. The Kier molecular flexibility index (Phi) is 3.47. The minimum absolute atomic E-state index is 0.370. The van der Waals surface area contributed by atoms with E-state index in [1.165, 1.54) is 4.68 Å². The summed E-state index contributed by atoms with van der Waals surface area (Å²) in [4.78, 5) is 0. The van der Waals surface area contributed by atoms with Crippen molar-refractivity contribution in [2.45, 2.75) is 13.3 Å². The highest BCUT2D eigenvalue weighted by atomic mass is 35.5. The highest BCUT2D eigenvalue weighted by Crippen LogP contribution is 2.33. The van der Waals surface area contributed by atoms with E-state index < -0.39 is 0 Å². The van der Waals surface area contributed by atoms with E-state index in [9.17, 15) is 0 Å². The third-order valence-corrected chi connectivity index (χ3v) is 3.12. The molecule has 0 saturated heterocycles. The van der Waals surface area contributed by atoms with Crippen LogP contribution < -0.4 is 5.73 Å². The van der Waals surface area contributed by atoms with Gasteiger partial charge in [-0.2, -0.15) is 0 Å². The van der Waals surface area contributed by atoms with Crippen LogP contribution in [0.25, 0.3) is 5.69 Å². The van der Waals surface area contributed by atoms with Crippen molar-refractivity contribution < 1.29 is 0 Å². The van der Waals surface area contributed by atoms with Crippen LogP contribution in [0.5, 0.6) is 0 Å². The van der Waals surface area contributed by atoms with Crippen LogP contribution >= 0.6 is 34.8 Å². The normalized spacial score (nSPS) is 10.8. The summed E-state index contributed by atoms with van der Waals surface area (Å²) in [6.07, 6.45) is 0.675. The van der Waals surface area contributed by atoms with Crippen LogP contribution in [0, 0.1) is 0 Å². The van der Waals surface area contributed by atoms with Crippen LogP contribution in [0.15, 0.2) is 12.1 Å². The number of anilines is 1. The van der Waals surface area contributed by atoms with E-state index in [-0.39, 0.29) is 0 Å². The second-order valence-electron chi connectivity index (χ2n) is 3.40. The van der Waals surface area contributed by atoms with E-state index >= 15 is 0 Å². The third kappa shape index (κ3) is 2.20. The molecular weight excluding hydrogens is 282 g/mol. The summed E-state index contributed by atoms with van der Waals surface area (Å²) in [6.45, 7) is 1.95. The van der Waals surface area contributed by atoms with Crippen molar-refractivity contribution in [1.29, 1.82) is 0 Å². The summed E-state index contributed by atoms with van der Waals surface area (Å²) in [5, 5.41) is 9.02. The van der Waals surface area contributed by atoms with E-state index in [4.69, 9.17) is 40.5 Å². The molecule has 0 aliphatic rings. The first kappa shape index (κ1) is 12.5. The van der Waals surface area contributed by atoms with Gasteiger partial charge in [-0.05, 0) is 18.6 Å². The van der Waals surface area contributed by atoms with Gasteiger partial charge in [-0.25, -0.2) is 4.68 Å². The summed E-state index contributed by atoms with van der Waals surface area (Å²) in [7, 11) is 0. The molecule has 90 valence electrons. The van der Waals surface area contributed by atoms with Gasteiger partial charge in [0, 0.05) is 5.02 Å². The van der Waals surface area contributed by atoms with Crippen molar-refractivity contribution in [1.82, 2.24) is 15.0 Å². The maximum absolute atomic E-state index is 6.11. The molecule has 1 heterocycles. The molecule has 0 spiro atoms. The Balaban J connectivity index is 2.68. The largest absolute Gasteiger partial charge is 0.381 e. The zero-order valence-corrected chi connectivity index (χ0v) is 11.2. The van der Waals surface area contributed by atoms with Crippen LogP contribution in [0.3, 0.4) is 0 Å². The lowest BCUT2D eigenvalue weighted by atomic mass is 10.3. The van der Waals surface area contributed by atoms with E-state index in [2.05, 4.69) is 10.3 Å². The van der Waals surface area contributed by atoms with Crippen LogP contribution in [-0.2, 0) is 6.42 Å². The number of aromatic nitrogens is 3. The number of hydrogen-bond acceptors (Lipinski definition) is 3. The zero-order chi connectivity index (χ0) is 12.6. The van der Waals surface area contributed by atoms with Crippen LogP contribution in [0.2, 0.25) is 15.1 Å². The fraction of sp³-hybridized carbons (Fsp3) is 0.200. The lowest BCUT2D eigenvalue weighted by molar-refractivity contribution is 0.767. The van der Waals surface area contributed by atoms with Gasteiger partial charge in [0.25, 0.3) is 0 Å². The van der Waals surface area contributed by atoms with E-state index in [1.54, 1.807) is 12.1 Å². The smallest absolute Gasteiger partial charge is 0.169 e. The maximum atomic E-state index is 6.11. The van der Waals surface area contributed by atoms with Gasteiger partial charge in [0.05, 0.1) is 15.7 Å². The maximum Gasteiger partial charge on any atom is 0.169 e. The Hall–Kier alpha value is -0.970. The molecule has 0 fully saturated rings. The van der Waals surface area contributed by atoms with E-state index in [0.717, 1.165) is 5.69 Å². The molecule has 4 nitrogen and oxygen atoms in total. The molecular formula is C10H9Cl3N4. The monoisotopic (exact) mass is 290 g/mol. The van der Waals surface area contributed by atoms with Gasteiger partial charge in [0.2, 0.25) is 0 Å². The number of nitrogens with two attached hydrogens (primary N) is 1. The summed E-state index contributed by atoms with van der Waals surface area (Å²) in [5.74, 6) is 0.370. The van der Waals surface area contributed by atoms with Crippen LogP contribution in [0.4, 0.5) is 5.82 Å². The minimum atomic E-state index is 0.370. The second-order valence-corrected chi connectivity index (χ2v) is 4.66. The molecule has 2 rings (SSSR count). The molecule has 1 aromatic carbocycles. The van der Waals surface area contributed by atoms with Gasteiger partial charge >= 0.3 is 0 Å². The molecule has 0 amide bonds. The fourth-order valence-corrected chi connectivity index (χ4v) is 2.54. The first-order valence-corrected chi connectivity index (χ1v) is 6.03. The molecule has 0 radical (unpaired) electrons. The summed E-state index contributed by atoms with van der Waals surface area (Å²) < 4.78 is 1.54. The van der Waals surface area contributed by atoms with E-state index in [1.807, 2.05) is 6.92 Å². The predicted octanol–water partition coefficient (Wildman–Crippen LogP) is 3.37. The Labute approximate surface area is 113 Å². The van der Waals surface area contributed by atoms with Crippen molar-refractivity contribution in [2.75, 3.05) is 5.73 Å². The van der Waals surface area contributed by atoms with Crippen LogP contribution in [0.1, 0.15) is 12.6 Å². The predicted molar refractivity (Wildman–Crippen MR) is 70.2 cm³/mol. The number of nitrogen functional groups attached to an aromatic ring is 1. The van der Waals surface area contributed by atoms with Crippen molar-refractivity contribution in [2.24, 2.45) is 0 Å². The second kappa shape index (κ2) is 4.72. The standard InChI is InChI=1S/C10H9Cl3N4/c1-2-8-10(14)15-16-17(8)9-6(12)3-5(11)4-7(9)13/h3-4H,2,14H2,1H3. The molecule has 0 aliphatic heterocycles. The number of hydrogen-bond donors (Lipinski definition) is 1. The average molecular weight is 292 g/mol. The number of nitrogens with zero attached hydrogens (tertiary/aromatic N) is 3. The Morgan fingerprint density at radius 2 is 1.82 bits per heavy atom. The molecule has 17 heavy (non-hydrogen) atoms. The lowest BCUT2D eigenvalue weighted by Gasteiger charge is -2.09. The molecule has 0 unspecified atom stereocenters. The van der Waals surface area contributed by atoms with Crippen molar-refractivity contribution >= 4 is 40.6 Å². The third-order valence-electron chi connectivity index (χ3n) is 2.32. The Bertz CT molecular complexity index is 542.